The smallest absolute Gasteiger partial charge is 0.246 e. The Hall–Kier alpha value is -2.50. The highest BCUT2D eigenvalue weighted by Crippen LogP contribution is 2.26. The number of hydrogen-bond donors (Lipinski definition) is 3. The van der Waals surface area contributed by atoms with Crippen molar-refractivity contribution in [2.24, 2.45) is 5.92 Å². The summed E-state index contributed by atoms with van der Waals surface area (Å²) in [4.78, 5) is 68.9. The van der Waals surface area contributed by atoms with Gasteiger partial charge in [0.2, 0.25) is 29.5 Å². The average molecular weight is 512 g/mol. The van der Waals surface area contributed by atoms with Crippen LogP contribution in [0.15, 0.2) is 0 Å². The van der Waals surface area contributed by atoms with E-state index in [2.05, 4.69) is 16.0 Å². The Balaban J connectivity index is 1.87. The zero-order chi connectivity index (χ0) is 25.7. The van der Waals surface area contributed by atoms with E-state index in [-0.39, 0.29) is 30.7 Å². The van der Waals surface area contributed by atoms with Crippen molar-refractivity contribution in [2.45, 2.75) is 76.5 Å². The predicted molar refractivity (Wildman–Crippen MR) is 129 cm³/mol. The van der Waals surface area contributed by atoms with Crippen molar-refractivity contribution in [2.75, 3.05) is 31.6 Å². The van der Waals surface area contributed by atoms with Crippen molar-refractivity contribution in [1.82, 2.24) is 25.8 Å². The molecule has 0 saturated carbocycles. The fraction of sp³-hybridized carbons (Fsp3) is 0.783. The van der Waals surface area contributed by atoms with Gasteiger partial charge >= 0.3 is 0 Å². The second kappa shape index (κ2) is 12.0. The summed E-state index contributed by atoms with van der Waals surface area (Å²) in [6.07, 6.45) is 4.11. The van der Waals surface area contributed by atoms with E-state index in [1.807, 2.05) is 0 Å². The first-order valence-corrected chi connectivity index (χ1v) is 14.1. The van der Waals surface area contributed by atoms with E-state index in [1.54, 1.807) is 25.0 Å². The van der Waals surface area contributed by atoms with Gasteiger partial charge in [0, 0.05) is 42.4 Å². The first-order chi connectivity index (χ1) is 16.6. The lowest BCUT2D eigenvalue weighted by Crippen LogP contribution is -2.58. The molecule has 196 valence electrons. The molecule has 0 aromatic carbocycles. The molecule has 0 aromatic rings. The predicted octanol–water partition coefficient (Wildman–Crippen LogP) is -1.12. The lowest BCUT2D eigenvalue weighted by Gasteiger charge is -2.31. The number of fused-ring (bicyclic) bond motifs is 2. The lowest BCUT2D eigenvalue weighted by atomic mass is 10.0. The molecule has 5 atom stereocenters. The second-order valence-corrected chi connectivity index (χ2v) is 11.4. The average Bonchev–Trinajstić information content (AvgIpc) is 3.48. The van der Waals surface area contributed by atoms with E-state index in [0.717, 1.165) is 0 Å². The highest BCUT2D eigenvalue weighted by atomic mass is 32.2. The standard InChI is InChI=1S/C23H37N5O6S/c1-14(2)19-22(32)25-15(20(30)24-9-6-12-35(3)34)13-18(29)27-10-5-8-17(27)23(33)28-11-4-7-16(28)21(31)26-19/h14-17,19H,4-13H2,1-3H3,(H,24,30)(H,25,32)(H,26,31)/t15-,16+,17-,19+,35?/m1/s1. The number of hydrogen-bond acceptors (Lipinski definition) is 6. The van der Waals surface area contributed by atoms with Crippen molar-refractivity contribution in [3.63, 3.8) is 0 Å². The van der Waals surface area contributed by atoms with Gasteiger partial charge in [0.05, 0.1) is 6.42 Å². The van der Waals surface area contributed by atoms with Crippen molar-refractivity contribution >= 4 is 40.3 Å². The molecule has 3 saturated heterocycles. The summed E-state index contributed by atoms with van der Waals surface area (Å²) < 4.78 is 11.3. The number of amides is 5. The van der Waals surface area contributed by atoms with Gasteiger partial charge in [-0.25, -0.2) is 0 Å². The highest BCUT2D eigenvalue weighted by molar-refractivity contribution is 7.84. The molecule has 1 unspecified atom stereocenters. The molecule has 0 spiro atoms. The maximum Gasteiger partial charge on any atom is 0.246 e. The summed E-state index contributed by atoms with van der Waals surface area (Å²) in [5, 5.41) is 8.15. The molecule has 35 heavy (non-hydrogen) atoms. The first kappa shape index (κ1) is 27.1. The quantitative estimate of drug-likeness (QED) is 0.386. The van der Waals surface area contributed by atoms with E-state index in [0.29, 0.717) is 50.9 Å². The maximum absolute atomic E-state index is 13.4. The summed E-state index contributed by atoms with van der Waals surface area (Å²) in [6, 6.07) is -3.43. The van der Waals surface area contributed by atoms with E-state index in [9.17, 15) is 28.2 Å². The molecule has 0 aliphatic carbocycles. The fourth-order valence-electron chi connectivity index (χ4n) is 4.97. The zero-order valence-corrected chi connectivity index (χ0v) is 21.5. The van der Waals surface area contributed by atoms with Crippen LogP contribution in [0.1, 0.15) is 52.4 Å². The van der Waals surface area contributed by atoms with Gasteiger partial charge in [-0.05, 0) is 38.0 Å². The molecular formula is C23H37N5O6S. The third-order valence-electron chi connectivity index (χ3n) is 6.86. The van der Waals surface area contributed by atoms with Gasteiger partial charge in [-0.2, -0.15) is 0 Å². The Labute approximate surface area is 208 Å². The van der Waals surface area contributed by atoms with Crippen LogP contribution in [0, 0.1) is 5.92 Å². The maximum atomic E-state index is 13.4. The third-order valence-corrected chi connectivity index (χ3v) is 7.73. The van der Waals surface area contributed by atoms with Crippen LogP contribution in [0.4, 0.5) is 0 Å². The van der Waals surface area contributed by atoms with Gasteiger partial charge in [0.15, 0.2) is 0 Å². The van der Waals surface area contributed by atoms with Crippen molar-refractivity contribution in [3.05, 3.63) is 0 Å². The van der Waals surface area contributed by atoms with Crippen LogP contribution in [-0.2, 0) is 34.8 Å². The van der Waals surface area contributed by atoms with Crippen LogP contribution in [-0.4, -0.2) is 99.4 Å². The highest BCUT2D eigenvalue weighted by Gasteiger charge is 2.44. The number of carbonyl (C=O) groups excluding carboxylic acids is 5. The normalized spacial score (nSPS) is 28.9. The summed E-state index contributed by atoms with van der Waals surface area (Å²) >= 11 is 0. The molecule has 3 aliphatic heterocycles. The summed E-state index contributed by atoms with van der Waals surface area (Å²) in [6.45, 7) is 4.63. The largest absolute Gasteiger partial charge is 0.354 e. The van der Waals surface area contributed by atoms with Crippen molar-refractivity contribution in [1.29, 1.82) is 0 Å². The molecule has 3 aliphatic rings. The topological polar surface area (TPSA) is 145 Å². The van der Waals surface area contributed by atoms with Crippen LogP contribution < -0.4 is 16.0 Å². The molecule has 3 N–H and O–H groups in total. The molecule has 3 fully saturated rings. The SMILES string of the molecule is CC(C)[C@@H]1NC(=O)[C@@H]2CCCN2C(=O)[C@H]2CCCN2C(=O)C[C@H](C(=O)NCCCS(C)=O)NC1=O. The molecule has 0 bridgehead atoms. The van der Waals surface area contributed by atoms with Gasteiger partial charge in [-0.15, -0.1) is 0 Å². The van der Waals surface area contributed by atoms with Crippen molar-refractivity contribution < 1.29 is 28.2 Å². The van der Waals surface area contributed by atoms with Gasteiger partial charge in [0.25, 0.3) is 0 Å². The minimum Gasteiger partial charge on any atom is -0.354 e. The van der Waals surface area contributed by atoms with Crippen LogP contribution in [0.3, 0.4) is 0 Å². The second-order valence-electron chi connectivity index (χ2n) is 9.85. The molecule has 0 radical (unpaired) electrons. The molecule has 3 heterocycles. The number of rotatable bonds is 6. The Bertz CT molecular complexity index is 870. The molecule has 0 aromatic heterocycles. The van der Waals surface area contributed by atoms with Crippen LogP contribution in [0.2, 0.25) is 0 Å². The number of nitrogens with zero attached hydrogens (tertiary/aromatic N) is 2. The third kappa shape index (κ3) is 6.59. The fourth-order valence-corrected chi connectivity index (χ4v) is 5.52. The van der Waals surface area contributed by atoms with Crippen LogP contribution in [0.5, 0.6) is 0 Å². The molecule has 5 amide bonds. The van der Waals surface area contributed by atoms with Gasteiger partial charge in [0.1, 0.15) is 24.2 Å². The molecule has 12 heteroatoms. The van der Waals surface area contributed by atoms with E-state index in [4.69, 9.17) is 0 Å². The Morgan fingerprint density at radius 1 is 1.03 bits per heavy atom. The van der Waals surface area contributed by atoms with Crippen LogP contribution in [0.25, 0.3) is 0 Å². The van der Waals surface area contributed by atoms with Gasteiger partial charge in [-0.1, -0.05) is 13.8 Å². The first-order valence-electron chi connectivity index (χ1n) is 12.4. The summed E-state index contributed by atoms with van der Waals surface area (Å²) in [7, 11) is -0.991. The van der Waals surface area contributed by atoms with E-state index < -0.39 is 52.7 Å². The van der Waals surface area contributed by atoms with E-state index >= 15 is 0 Å². The molecule has 11 nitrogen and oxygen atoms in total. The Kier molecular flexibility index (Phi) is 9.26. The molecular weight excluding hydrogens is 474 g/mol. The van der Waals surface area contributed by atoms with E-state index in [1.165, 1.54) is 4.90 Å². The Morgan fingerprint density at radius 3 is 2.34 bits per heavy atom. The van der Waals surface area contributed by atoms with Gasteiger partial charge in [-0.3, -0.25) is 28.2 Å². The molecule has 3 rings (SSSR count). The lowest BCUT2D eigenvalue weighted by molar-refractivity contribution is -0.147. The monoisotopic (exact) mass is 511 g/mol. The van der Waals surface area contributed by atoms with Crippen LogP contribution >= 0.6 is 0 Å². The minimum atomic E-state index is -1.16. The Morgan fingerprint density at radius 2 is 1.69 bits per heavy atom. The van der Waals surface area contributed by atoms with Crippen molar-refractivity contribution in [3.8, 4) is 0 Å². The van der Waals surface area contributed by atoms with Gasteiger partial charge < -0.3 is 25.8 Å². The number of carbonyl (C=O) groups is 5. The summed E-state index contributed by atoms with van der Waals surface area (Å²) in [5.41, 5.74) is 0. The zero-order valence-electron chi connectivity index (χ0n) is 20.7. The minimum absolute atomic E-state index is 0.248. The number of nitrogens with one attached hydrogen (secondary N) is 3. The summed E-state index contributed by atoms with van der Waals surface area (Å²) in [5.74, 6) is -1.96.